The van der Waals surface area contributed by atoms with E-state index in [9.17, 15) is 4.79 Å². The Balaban J connectivity index is 3.88. The molecule has 4 heteroatoms. The molecule has 0 aliphatic heterocycles. The van der Waals surface area contributed by atoms with Crippen LogP contribution >= 0.6 is 0 Å². The molecule has 0 aliphatic rings. The van der Waals surface area contributed by atoms with Gasteiger partial charge in [0.15, 0.2) is 0 Å². The van der Waals surface area contributed by atoms with E-state index in [4.69, 9.17) is 4.74 Å². The number of methoxy groups -OCH3 is 1. The Morgan fingerprint density at radius 1 is 1.31 bits per heavy atom. The van der Waals surface area contributed by atoms with Crippen LogP contribution in [0.15, 0.2) is 0 Å². The quantitative estimate of drug-likeness (QED) is 0.575. The average molecular weight is 230 g/mol. The molecule has 0 fully saturated rings. The molecule has 16 heavy (non-hydrogen) atoms. The Labute approximate surface area is 99.3 Å². The van der Waals surface area contributed by atoms with Gasteiger partial charge in [0.25, 0.3) is 0 Å². The minimum Gasteiger partial charge on any atom is -0.383 e. The van der Waals surface area contributed by atoms with Crippen molar-refractivity contribution in [1.82, 2.24) is 10.2 Å². The monoisotopic (exact) mass is 230 g/mol. The molecule has 1 N–H and O–H groups in total. The molecule has 0 aromatic rings. The van der Waals surface area contributed by atoms with Crippen LogP contribution in [0.5, 0.6) is 0 Å². The van der Waals surface area contributed by atoms with Crippen LogP contribution in [0.3, 0.4) is 0 Å². The van der Waals surface area contributed by atoms with E-state index in [1.165, 1.54) is 0 Å². The number of unbranched alkanes of at least 4 members (excludes halogenated alkanes) is 1. The van der Waals surface area contributed by atoms with Crippen molar-refractivity contribution in [1.29, 1.82) is 0 Å². The van der Waals surface area contributed by atoms with Crippen molar-refractivity contribution in [2.75, 3.05) is 40.4 Å². The third-order valence-electron chi connectivity index (χ3n) is 2.52. The van der Waals surface area contributed by atoms with Gasteiger partial charge in [0.1, 0.15) is 0 Å². The molecule has 0 aromatic carbocycles. The fraction of sp³-hybridized carbons (Fsp3) is 0.917. The van der Waals surface area contributed by atoms with Gasteiger partial charge in [-0.15, -0.1) is 0 Å². The van der Waals surface area contributed by atoms with Crippen LogP contribution in [-0.4, -0.2) is 51.2 Å². The first-order valence-corrected chi connectivity index (χ1v) is 6.17. The van der Waals surface area contributed by atoms with Gasteiger partial charge in [0.05, 0.1) is 6.61 Å². The zero-order chi connectivity index (χ0) is 12.2. The van der Waals surface area contributed by atoms with Crippen molar-refractivity contribution in [3.63, 3.8) is 0 Å². The van der Waals surface area contributed by atoms with E-state index in [1.54, 1.807) is 7.11 Å². The van der Waals surface area contributed by atoms with Crippen molar-refractivity contribution in [2.45, 2.75) is 32.6 Å². The van der Waals surface area contributed by atoms with Crippen molar-refractivity contribution >= 4 is 5.91 Å². The molecule has 0 aromatic heterocycles. The van der Waals surface area contributed by atoms with Crippen molar-refractivity contribution < 1.29 is 9.53 Å². The SMILES string of the molecule is CCCCN(CCOC)C(=O)CCCNC. The lowest BCUT2D eigenvalue weighted by atomic mass is 10.2. The number of carbonyl (C=O) groups excluding carboxylic acids is 1. The molecule has 0 saturated carbocycles. The van der Waals surface area contributed by atoms with E-state index in [0.29, 0.717) is 13.0 Å². The van der Waals surface area contributed by atoms with Gasteiger partial charge in [0.2, 0.25) is 5.91 Å². The molecule has 0 aliphatic carbocycles. The highest BCUT2D eigenvalue weighted by Crippen LogP contribution is 2.01. The number of rotatable bonds is 10. The largest absolute Gasteiger partial charge is 0.383 e. The summed E-state index contributed by atoms with van der Waals surface area (Å²) in [6.07, 6.45) is 3.73. The molecule has 0 bridgehead atoms. The molecule has 0 saturated heterocycles. The van der Waals surface area contributed by atoms with Crippen molar-refractivity contribution in [3.05, 3.63) is 0 Å². The molecule has 0 radical (unpaired) electrons. The maximum absolute atomic E-state index is 11.9. The topological polar surface area (TPSA) is 41.6 Å². The second-order valence-corrected chi connectivity index (χ2v) is 3.93. The van der Waals surface area contributed by atoms with E-state index in [-0.39, 0.29) is 5.91 Å². The van der Waals surface area contributed by atoms with Crippen LogP contribution in [0, 0.1) is 0 Å². The van der Waals surface area contributed by atoms with Gasteiger partial charge in [-0.2, -0.15) is 0 Å². The van der Waals surface area contributed by atoms with E-state index < -0.39 is 0 Å². The van der Waals surface area contributed by atoms with Gasteiger partial charge >= 0.3 is 0 Å². The summed E-state index contributed by atoms with van der Waals surface area (Å²) in [7, 11) is 3.58. The van der Waals surface area contributed by atoms with Crippen LogP contribution in [0.1, 0.15) is 32.6 Å². The van der Waals surface area contributed by atoms with Crippen LogP contribution in [0.4, 0.5) is 0 Å². The summed E-state index contributed by atoms with van der Waals surface area (Å²) in [5, 5.41) is 3.05. The fourth-order valence-electron chi connectivity index (χ4n) is 1.49. The average Bonchev–Trinajstić information content (AvgIpc) is 2.29. The minimum atomic E-state index is 0.251. The third kappa shape index (κ3) is 7.65. The van der Waals surface area contributed by atoms with Crippen LogP contribution in [-0.2, 0) is 9.53 Å². The molecule has 4 nitrogen and oxygen atoms in total. The van der Waals surface area contributed by atoms with E-state index in [1.807, 2.05) is 11.9 Å². The van der Waals surface area contributed by atoms with Crippen LogP contribution in [0.25, 0.3) is 0 Å². The fourth-order valence-corrected chi connectivity index (χ4v) is 1.49. The van der Waals surface area contributed by atoms with Crippen molar-refractivity contribution in [3.8, 4) is 0 Å². The van der Waals surface area contributed by atoms with Gasteiger partial charge in [-0.25, -0.2) is 0 Å². The normalized spacial score (nSPS) is 10.4. The smallest absolute Gasteiger partial charge is 0.222 e. The standard InChI is InChI=1S/C12H26N2O2/c1-4-5-9-14(10-11-16-3)12(15)7-6-8-13-2/h13H,4-11H2,1-3H3. The van der Waals surface area contributed by atoms with Gasteiger partial charge in [-0.3, -0.25) is 4.79 Å². The minimum absolute atomic E-state index is 0.251. The predicted octanol–water partition coefficient (Wildman–Crippen LogP) is 1.26. The summed E-state index contributed by atoms with van der Waals surface area (Å²) in [6.45, 7) is 5.24. The summed E-state index contributed by atoms with van der Waals surface area (Å²) < 4.78 is 5.02. The Bertz CT molecular complexity index is 166. The lowest BCUT2D eigenvalue weighted by Gasteiger charge is -2.22. The second kappa shape index (κ2) is 10.9. The molecular formula is C12H26N2O2. The van der Waals surface area contributed by atoms with E-state index in [2.05, 4.69) is 12.2 Å². The van der Waals surface area contributed by atoms with E-state index in [0.717, 1.165) is 38.9 Å². The van der Waals surface area contributed by atoms with Gasteiger partial charge in [0, 0.05) is 26.6 Å². The van der Waals surface area contributed by atoms with Crippen molar-refractivity contribution in [2.24, 2.45) is 0 Å². The zero-order valence-electron chi connectivity index (χ0n) is 10.9. The molecule has 0 rings (SSSR count). The summed E-state index contributed by atoms with van der Waals surface area (Å²) in [5.74, 6) is 0.251. The zero-order valence-corrected chi connectivity index (χ0v) is 10.9. The summed E-state index contributed by atoms with van der Waals surface area (Å²) >= 11 is 0. The number of amides is 1. The first kappa shape index (κ1) is 15.4. The number of hydrogen-bond acceptors (Lipinski definition) is 3. The molecule has 0 heterocycles. The lowest BCUT2D eigenvalue weighted by Crippen LogP contribution is -2.35. The van der Waals surface area contributed by atoms with E-state index >= 15 is 0 Å². The Kier molecular flexibility index (Phi) is 10.5. The predicted molar refractivity (Wildman–Crippen MR) is 66.5 cm³/mol. The maximum atomic E-state index is 11.9. The highest BCUT2D eigenvalue weighted by atomic mass is 16.5. The number of ether oxygens (including phenoxy) is 1. The molecule has 1 amide bonds. The van der Waals surface area contributed by atoms with Gasteiger partial charge in [-0.1, -0.05) is 13.3 Å². The molecular weight excluding hydrogens is 204 g/mol. The van der Waals surface area contributed by atoms with Crippen LogP contribution in [0.2, 0.25) is 0 Å². The highest BCUT2D eigenvalue weighted by Gasteiger charge is 2.11. The Hall–Kier alpha value is -0.610. The van der Waals surface area contributed by atoms with Crippen LogP contribution < -0.4 is 5.32 Å². The highest BCUT2D eigenvalue weighted by molar-refractivity contribution is 5.76. The first-order chi connectivity index (χ1) is 7.76. The molecule has 96 valence electrons. The maximum Gasteiger partial charge on any atom is 0.222 e. The summed E-state index contributed by atoms with van der Waals surface area (Å²) in [4.78, 5) is 13.8. The number of nitrogens with one attached hydrogen (secondary N) is 1. The van der Waals surface area contributed by atoms with Gasteiger partial charge in [-0.05, 0) is 26.4 Å². The summed E-state index contributed by atoms with van der Waals surface area (Å²) in [5.41, 5.74) is 0. The lowest BCUT2D eigenvalue weighted by molar-refractivity contribution is -0.132. The number of hydrogen-bond donors (Lipinski definition) is 1. The second-order valence-electron chi connectivity index (χ2n) is 3.93. The van der Waals surface area contributed by atoms with Gasteiger partial charge < -0.3 is 15.0 Å². The molecule has 0 unspecified atom stereocenters. The Morgan fingerprint density at radius 3 is 2.62 bits per heavy atom. The molecule has 0 atom stereocenters. The Morgan fingerprint density at radius 2 is 2.06 bits per heavy atom. The summed E-state index contributed by atoms with van der Waals surface area (Å²) in [6, 6.07) is 0. The number of carbonyl (C=O) groups is 1. The molecule has 0 spiro atoms. The first-order valence-electron chi connectivity index (χ1n) is 6.17. The number of nitrogens with zero attached hydrogens (tertiary/aromatic N) is 1. The third-order valence-corrected chi connectivity index (χ3v) is 2.52.